The second-order valence-corrected chi connectivity index (χ2v) is 2.90. The van der Waals surface area contributed by atoms with Crippen LogP contribution in [0, 0.1) is 19.3 Å². The first kappa shape index (κ1) is 10.3. The third-order valence-electron chi connectivity index (χ3n) is 1.91. The van der Waals surface area contributed by atoms with Crippen molar-refractivity contribution in [3.8, 4) is 12.3 Å². The van der Waals surface area contributed by atoms with Crippen molar-refractivity contribution in [1.82, 2.24) is 10.5 Å². The molecule has 0 aromatic carbocycles. The zero-order chi connectivity index (χ0) is 10.6. The smallest absolute Gasteiger partial charge is 0.257 e. The lowest BCUT2D eigenvalue weighted by Crippen LogP contribution is -2.33. The van der Waals surface area contributed by atoms with E-state index in [4.69, 9.17) is 10.9 Å². The fourth-order valence-electron chi connectivity index (χ4n) is 1.01. The summed E-state index contributed by atoms with van der Waals surface area (Å²) in [5.74, 6) is 2.73. The van der Waals surface area contributed by atoms with Crippen LogP contribution >= 0.6 is 0 Å². The molecular weight excluding hydrogens is 180 g/mol. The van der Waals surface area contributed by atoms with Gasteiger partial charge in [-0.1, -0.05) is 18.0 Å². The number of hydrogen-bond acceptors (Lipinski definition) is 3. The summed E-state index contributed by atoms with van der Waals surface area (Å²) in [6.45, 7) is 3.59. The molecule has 1 N–H and O–H groups in total. The highest BCUT2D eigenvalue weighted by molar-refractivity contribution is 5.95. The Labute approximate surface area is 82.7 Å². The molecule has 1 atom stereocenters. The molecule has 1 rings (SSSR count). The number of nitrogens with one attached hydrogen (secondary N) is 1. The van der Waals surface area contributed by atoms with Gasteiger partial charge in [0, 0.05) is 0 Å². The fourth-order valence-corrected chi connectivity index (χ4v) is 1.01. The SMILES string of the molecule is C#CC(CC)NC(=O)c1cnoc1C. The van der Waals surface area contributed by atoms with Gasteiger partial charge in [0.1, 0.15) is 11.3 Å². The van der Waals surface area contributed by atoms with E-state index in [0.29, 0.717) is 17.7 Å². The highest BCUT2D eigenvalue weighted by Crippen LogP contribution is 2.05. The van der Waals surface area contributed by atoms with E-state index in [1.165, 1.54) is 6.20 Å². The van der Waals surface area contributed by atoms with Gasteiger partial charge in [0.2, 0.25) is 0 Å². The van der Waals surface area contributed by atoms with E-state index in [9.17, 15) is 4.79 Å². The van der Waals surface area contributed by atoms with Crippen LogP contribution < -0.4 is 5.32 Å². The standard InChI is InChI=1S/C10H12N2O2/c1-4-8(5-2)12-10(13)9-6-11-14-7(9)3/h1,6,8H,5H2,2-3H3,(H,12,13). The van der Waals surface area contributed by atoms with E-state index in [1.54, 1.807) is 6.92 Å². The Balaban J connectivity index is 2.69. The molecule has 4 heteroatoms. The molecule has 0 aliphatic rings. The van der Waals surface area contributed by atoms with Crippen LogP contribution in [0.5, 0.6) is 0 Å². The van der Waals surface area contributed by atoms with Crippen LogP contribution in [0.3, 0.4) is 0 Å². The number of aryl methyl sites for hydroxylation is 1. The van der Waals surface area contributed by atoms with Crippen molar-refractivity contribution in [2.24, 2.45) is 0 Å². The van der Waals surface area contributed by atoms with Crippen molar-refractivity contribution >= 4 is 5.91 Å². The third-order valence-corrected chi connectivity index (χ3v) is 1.91. The molecule has 74 valence electrons. The molecule has 1 heterocycles. The predicted octanol–water partition coefficient (Wildman–Crippen LogP) is 1.12. The zero-order valence-corrected chi connectivity index (χ0v) is 8.20. The number of rotatable bonds is 3. The van der Waals surface area contributed by atoms with Crippen molar-refractivity contribution in [2.75, 3.05) is 0 Å². The molecule has 0 fully saturated rings. The van der Waals surface area contributed by atoms with Gasteiger partial charge in [0.05, 0.1) is 12.2 Å². The van der Waals surface area contributed by atoms with Gasteiger partial charge in [-0.3, -0.25) is 4.79 Å². The molecule has 1 unspecified atom stereocenters. The van der Waals surface area contributed by atoms with Gasteiger partial charge in [-0.15, -0.1) is 6.42 Å². The average Bonchev–Trinajstić information content (AvgIpc) is 2.60. The lowest BCUT2D eigenvalue weighted by molar-refractivity contribution is 0.0943. The first-order valence-corrected chi connectivity index (χ1v) is 4.37. The Morgan fingerprint density at radius 1 is 1.86 bits per heavy atom. The molecule has 1 aromatic rings. The molecule has 1 amide bonds. The number of hydrogen-bond donors (Lipinski definition) is 1. The molecule has 0 saturated heterocycles. The summed E-state index contributed by atoms with van der Waals surface area (Å²) >= 11 is 0. The van der Waals surface area contributed by atoms with Crippen LogP contribution in [0.2, 0.25) is 0 Å². The Kier molecular flexibility index (Phi) is 3.29. The molecule has 0 bridgehead atoms. The van der Waals surface area contributed by atoms with E-state index >= 15 is 0 Å². The van der Waals surface area contributed by atoms with Gasteiger partial charge in [0.25, 0.3) is 5.91 Å². The molecule has 14 heavy (non-hydrogen) atoms. The number of carbonyl (C=O) groups is 1. The fraction of sp³-hybridized carbons (Fsp3) is 0.400. The minimum Gasteiger partial charge on any atom is -0.361 e. The van der Waals surface area contributed by atoms with Crippen LogP contribution in [0.15, 0.2) is 10.7 Å². The van der Waals surface area contributed by atoms with E-state index < -0.39 is 0 Å². The second-order valence-electron chi connectivity index (χ2n) is 2.90. The summed E-state index contributed by atoms with van der Waals surface area (Å²) in [7, 11) is 0. The lowest BCUT2D eigenvalue weighted by atomic mass is 10.2. The Morgan fingerprint density at radius 2 is 2.57 bits per heavy atom. The third kappa shape index (κ3) is 2.13. The molecule has 0 saturated carbocycles. The topological polar surface area (TPSA) is 55.1 Å². The normalized spacial score (nSPS) is 11.8. The van der Waals surface area contributed by atoms with E-state index in [0.717, 1.165) is 0 Å². The summed E-state index contributed by atoms with van der Waals surface area (Å²) in [6.07, 6.45) is 7.30. The quantitative estimate of drug-likeness (QED) is 0.730. The van der Waals surface area contributed by atoms with Gasteiger partial charge in [-0.05, 0) is 13.3 Å². The predicted molar refractivity (Wildman–Crippen MR) is 51.6 cm³/mol. The summed E-state index contributed by atoms with van der Waals surface area (Å²) < 4.78 is 4.77. The van der Waals surface area contributed by atoms with Crippen LogP contribution in [0.1, 0.15) is 29.5 Å². The maximum Gasteiger partial charge on any atom is 0.257 e. The van der Waals surface area contributed by atoms with E-state index in [1.807, 2.05) is 6.92 Å². The Bertz CT molecular complexity index is 362. The Morgan fingerprint density at radius 3 is 3.00 bits per heavy atom. The van der Waals surface area contributed by atoms with E-state index in [-0.39, 0.29) is 11.9 Å². The van der Waals surface area contributed by atoms with Crippen LogP contribution in [0.25, 0.3) is 0 Å². The highest BCUT2D eigenvalue weighted by Gasteiger charge is 2.14. The largest absolute Gasteiger partial charge is 0.361 e. The van der Waals surface area contributed by atoms with Crippen molar-refractivity contribution in [1.29, 1.82) is 0 Å². The number of terminal acetylenes is 1. The minimum atomic E-state index is -0.242. The first-order chi connectivity index (χ1) is 6.69. The van der Waals surface area contributed by atoms with Gasteiger partial charge in [0.15, 0.2) is 0 Å². The van der Waals surface area contributed by atoms with Gasteiger partial charge >= 0.3 is 0 Å². The second kappa shape index (κ2) is 4.47. The zero-order valence-electron chi connectivity index (χ0n) is 8.20. The van der Waals surface area contributed by atoms with Crippen molar-refractivity contribution in [3.63, 3.8) is 0 Å². The molecule has 4 nitrogen and oxygen atoms in total. The molecule has 0 spiro atoms. The maximum absolute atomic E-state index is 11.5. The van der Waals surface area contributed by atoms with Crippen molar-refractivity contribution < 1.29 is 9.32 Å². The monoisotopic (exact) mass is 192 g/mol. The van der Waals surface area contributed by atoms with Crippen molar-refractivity contribution in [3.05, 3.63) is 17.5 Å². The van der Waals surface area contributed by atoms with Gasteiger partial charge in [-0.2, -0.15) is 0 Å². The Hall–Kier alpha value is -1.76. The number of aromatic nitrogens is 1. The molecule has 0 radical (unpaired) electrons. The van der Waals surface area contributed by atoms with Crippen molar-refractivity contribution in [2.45, 2.75) is 26.3 Å². The van der Waals surface area contributed by atoms with Gasteiger partial charge < -0.3 is 9.84 Å². The number of nitrogens with zero attached hydrogens (tertiary/aromatic N) is 1. The average molecular weight is 192 g/mol. The first-order valence-electron chi connectivity index (χ1n) is 4.37. The molecule has 0 aliphatic heterocycles. The maximum atomic E-state index is 11.5. The molecule has 0 aliphatic carbocycles. The highest BCUT2D eigenvalue weighted by atomic mass is 16.5. The summed E-state index contributed by atoms with van der Waals surface area (Å²) in [5.41, 5.74) is 0.429. The summed E-state index contributed by atoms with van der Waals surface area (Å²) in [4.78, 5) is 11.5. The summed E-state index contributed by atoms with van der Waals surface area (Å²) in [6, 6.07) is -0.239. The van der Waals surface area contributed by atoms with Gasteiger partial charge in [-0.25, -0.2) is 0 Å². The number of carbonyl (C=O) groups excluding carboxylic acids is 1. The lowest BCUT2D eigenvalue weighted by Gasteiger charge is -2.09. The van der Waals surface area contributed by atoms with Crippen LogP contribution in [0.4, 0.5) is 0 Å². The van der Waals surface area contributed by atoms with E-state index in [2.05, 4.69) is 16.4 Å². The molecular formula is C10H12N2O2. The summed E-state index contributed by atoms with van der Waals surface area (Å²) in [5, 5.41) is 6.20. The minimum absolute atomic E-state index is 0.239. The molecule has 1 aromatic heterocycles. The number of amides is 1. The van der Waals surface area contributed by atoms with Crippen LogP contribution in [-0.2, 0) is 0 Å². The van der Waals surface area contributed by atoms with Crippen LogP contribution in [-0.4, -0.2) is 17.1 Å².